The maximum absolute atomic E-state index is 11.9. The van der Waals surface area contributed by atoms with Gasteiger partial charge in [-0.15, -0.1) is 0 Å². The van der Waals surface area contributed by atoms with Crippen LogP contribution in [0.3, 0.4) is 0 Å². The molecule has 0 bridgehead atoms. The summed E-state index contributed by atoms with van der Waals surface area (Å²) in [5.74, 6) is 0.718. The van der Waals surface area contributed by atoms with Gasteiger partial charge in [0, 0.05) is 19.2 Å². The molecule has 3 heterocycles. The van der Waals surface area contributed by atoms with E-state index >= 15 is 0 Å². The van der Waals surface area contributed by atoms with Crippen LogP contribution in [0.15, 0.2) is 33.4 Å². The van der Waals surface area contributed by atoms with Crippen LogP contribution in [-0.2, 0) is 4.74 Å². The second kappa shape index (κ2) is 5.27. The number of aromatic nitrogens is 1. The Morgan fingerprint density at radius 1 is 1.47 bits per heavy atom. The molecule has 1 amide bonds. The first-order chi connectivity index (χ1) is 9.33. The first-order valence-electron chi connectivity index (χ1n) is 6.23. The third kappa shape index (κ3) is 2.68. The SMILES string of the molecule is O=C(NCC1CCCO1)c1cc(-c2ccco2)on1. The monoisotopic (exact) mass is 262 g/mol. The first-order valence-corrected chi connectivity index (χ1v) is 6.23. The summed E-state index contributed by atoms with van der Waals surface area (Å²) in [7, 11) is 0. The molecule has 0 aromatic carbocycles. The third-order valence-corrected chi connectivity index (χ3v) is 3.02. The lowest BCUT2D eigenvalue weighted by Crippen LogP contribution is -2.31. The average molecular weight is 262 g/mol. The average Bonchev–Trinajstić information content (AvgIpc) is 3.14. The van der Waals surface area contributed by atoms with E-state index in [0.717, 1.165) is 19.4 Å². The molecule has 3 rings (SSSR count). The predicted octanol–water partition coefficient (Wildman–Crippen LogP) is 1.84. The van der Waals surface area contributed by atoms with Gasteiger partial charge >= 0.3 is 0 Å². The number of hydrogen-bond acceptors (Lipinski definition) is 5. The minimum atomic E-state index is -0.267. The van der Waals surface area contributed by atoms with Crippen molar-refractivity contribution in [3.63, 3.8) is 0 Å². The number of nitrogens with zero attached hydrogens (tertiary/aromatic N) is 1. The van der Waals surface area contributed by atoms with Gasteiger partial charge in [-0.2, -0.15) is 0 Å². The number of carbonyl (C=O) groups is 1. The molecule has 100 valence electrons. The van der Waals surface area contributed by atoms with Crippen molar-refractivity contribution in [2.24, 2.45) is 0 Å². The van der Waals surface area contributed by atoms with E-state index in [1.165, 1.54) is 6.26 Å². The Morgan fingerprint density at radius 3 is 3.16 bits per heavy atom. The van der Waals surface area contributed by atoms with Crippen molar-refractivity contribution in [3.05, 3.63) is 30.2 Å². The number of rotatable bonds is 4. The Kier molecular flexibility index (Phi) is 3.33. The smallest absolute Gasteiger partial charge is 0.273 e. The van der Waals surface area contributed by atoms with E-state index in [-0.39, 0.29) is 17.7 Å². The van der Waals surface area contributed by atoms with Gasteiger partial charge in [-0.1, -0.05) is 5.16 Å². The lowest BCUT2D eigenvalue weighted by atomic mass is 10.2. The second-order valence-corrected chi connectivity index (χ2v) is 4.40. The number of furan rings is 1. The predicted molar refractivity (Wildman–Crippen MR) is 65.5 cm³/mol. The van der Waals surface area contributed by atoms with Gasteiger partial charge in [0.15, 0.2) is 11.5 Å². The van der Waals surface area contributed by atoms with Gasteiger partial charge in [0.2, 0.25) is 5.76 Å². The van der Waals surface area contributed by atoms with E-state index in [0.29, 0.717) is 18.1 Å². The molecule has 6 heteroatoms. The lowest BCUT2D eigenvalue weighted by molar-refractivity contribution is 0.0850. The minimum absolute atomic E-state index is 0.111. The van der Waals surface area contributed by atoms with Gasteiger partial charge in [-0.3, -0.25) is 4.79 Å². The topological polar surface area (TPSA) is 77.5 Å². The molecule has 6 nitrogen and oxygen atoms in total. The molecule has 0 spiro atoms. The first kappa shape index (κ1) is 12.0. The molecular weight excluding hydrogens is 248 g/mol. The molecule has 0 radical (unpaired) electrons. The van der Waals surface area contributed by atoms with Crippen molar-refractivity contribution in [2.45, 2.75) is 18.9 Å². The summed E-state index contributed by atoms with van der Waals surface area (Å²) in [5, 5.41) is 6.51. The van der Waals surface area contributed by atoms with Crippen LogP contribution in [0.5, 0.6) is 0 Å². The summed E-state index contributed by atoms with van der Waals surface area (Å²) >= 11 is 0. The third-order valence-electron chi connectivity index (χ3n) is 3.02. The molecule has 0 saturated carbocycles. The highest BCUT2D eigenvalue weighted by Gasteiger charge is 2.19. The molecule has 1 atom stereocenters. The molecular formula is C13H14N2O4. The number of carbonyl (C=O) groups excluding carboxylic acids is 1. The zero-order chi connectivity index (χ0) is 13.1. The Labute approximate surface area is 109 Å². The summed E-state index contributed by atoms with van der Waals surface area (Å²) in [5.41, 5.74) is 0.240. The van der Waals surface area contributed by atoms with Crippen LogP contribution in [0.1, 0.15) is 23.3 Å². The van der Waals surface area contributed by atoms with E-state index in [1.807, 2.05) is 0 Å². The van der Waals surface area contributed by atoms with E-state index in [2.05, 4.69) is 10.5 Å². The van der Waals surface area contributed by atoms with Crippen LogP contribution in [0, 0.1) is 0 Å². The fourth-order valence-electron chi connectivity index (χ4n) is 2.02. The number of hydrogen-bond donors (Lipinski definition) is 1. The Morgan fingerprint density at radius 2 is 2.42 bits per heavy atom. The summed E-state index contributed by atoms with van der Waals surface area (Å²) in [6.07, 6.45) is 3.68. The van der Waals surface area contributed by atoms with Crippen molar-refractivity contribution >= 4 is 5.91 Å². The molecule has 2 aromatic rings. The summed E-state index contributed by atoms with van der Waals surface area (Å²) in [4.78, 5) is 11.9. The number of nitrogens with one attached hydrogen (secondary N) is 1. The van der Waals surface area contributed by atoms with E-state index in [1.54, 1.807) is 18.2 Å². The largest absolute Gasteiger partial charge is 0.461 e. The van der Waals surface area contributed by atoms with Gasteiger partial charge in [0.1, 0.15) is 0 Å². The minimum Gasteiger partial charge on any atom is -0.461 e. The molecule has 19 heavy (non-hydrogen) atoms. The van der Waals surface area contributed by atoms with Crippen LogP contribution in [0.4, 0.5) is 0 Å². The van der Waals surface area contributed by atoms with Gasteiger partial charge in [-0.05, 0) is 25.0 Å². The second-order valence-electron chi connectivity index (χ2n) is 4.40. The Bertz CT molecular complexity index is 541. The molecule has 1 aliphatic rings. The van der Waals surface area contributed by atoms with Crippen molar-refractivity contribution in [1.82, 2.24) is 10.5 Å². The van der Waals surface area contributed by atoms with E-state index in [9.17, 15) is 4.79 Å². The highest BCUT2D eigenvalue weighted by Crippen LogP contribution is 2.20. The normalized spacial score (nSPS) is 18.6. The van der Waals surface area contributed by atoms with E-state index < -0.39 is 0 Å². The standard InChI is InChI=1S/C13H14N2O4/c16-13(14-8-9-3-1-5-17-9)10-7-12(19-15-10)11-4-2-6-18-11/h2,4,6-7,9H,1,3,5,8H2,(H,14,16). The zero-order valence-corrected chi connectivity index (χ0v) is 10.3. The fraction of sp³-hybridized carbons (Fsp3) is 0.385. The summed E-state index contributed by atoms with van der Waals surface area (Å²) < 4.78 is 15.7. The Hall–Kier alpha value is -2.08. The number of ether oxygens (including phenoxy) is 1. The highest BCUT2D eigenvalue weighted by molar-refractivity contribution is 5.92. The molecule has 0 aliphatic carbocycles. The molecule has 1 unspecified atom stereocenters. The van der Waals surface area contributed by atoms with Crippen molar-refractivity contribution < 1.29 is 18.5 Å². The van der Waals surface area contributed by atoms with Crippen LogP contribution >= 0.6 is 0 Å². The van der Waals surface area contributed by atoms with Gasteiger partial charge in [-0.25, -0.2) is 0 Å². The highest BCUT2D eigenvalue weighted by atomic mass is 16.5. The summed E-state index contributed by atoms with van der Waals surface area (Å²) in [6, 6.07) is 5.05. The van der Waals surface area contributed by atoms with Gasteiger partial charge in [0.05, 0.1) is 12.4 Å². The fourth-order valence-corrected chi connectivity index (χ4v) is 2.02. The van der Waals surface area contributed by atoms with Crippen LogP contribution in [-0.4, -0.2) is 30.3 Å². The van der Waals surface area contributed by atoms with Gasteiger partial charge < -0.3 is 19.0 Å². The molecule has 1 fully saturated rings. The summed E-state index contributed by atoms with van der Waals surface area (Å²) in [6.45, 7) is 1.27. The maximum Gasteiger partial charge on any atom is 0.273 e. The molecule has 1 aliphatic heterocycles. The molecule has 2 aromatic heterocycles. The van der Waals surface area contributed by atoms with Crippen LogP contribution in [0.2, 0.25) is 0 Å². The molecule has 1 N–H and O–H groups in total. The van der Waals surface area contributed by atoms with Gasteiger partial charge in [0.25, 0.3) is 5.91 Å². The zero-order valence-electron chi connectivity index (χ0n) is 10.3. The number of amides is 1. The quantitative estimate of drug-likeness (QED) is 0.909. The Balaban J connectivity index is 1.60. The van der Waals surface area contributed by atoms with Crippen LogP contribution < -0.4 is 5.32 Å². The molecule has 1 saturated heterocycles. The lowest BCUT2D eigenvalue weighted by Gasteiger charge is -2.09. The van der Waals surface area contributed by atoms with Crippen LogP contribution in [0.25, 0.3) is 11.5 Å². The van der Waals surface area contributed by atoms with Crippen molar-refractivity contribution in [3.8, 4) is 11.5 Å². The maximum atomic E-state index is 11.9. The van der Waals surface area contributed by atoms with Crippen molar-refractivity contribution in [1.29, 1.82) is 0 Å². The van der Waals surface area contributed by atoms with E-state index in [4.69, 9.17) is 13.7 Å². The van der Waals surface area contributed by atoms with Crippen molar-refractivity contribution in [2.75, 3.05) is 13.2 Å².